The molecule has 3 N–H and O–H groups in total. The summed E-state index contributed by atoms with van der Waals surface area (Å²) in [5, 5.41) is 3.58. The van der Waals surface area contributed by atoms with E-state index in [4.69, 9.17) is 12.2 Å². The number of hydrogen-bond donors (Lipinski definition) is 2. The zero-order valence-electron chi connectivity index (χ0n) is 11.4. The predicted octanol–water partition coefficient (Wildman–Crippen LogP) is 2.53. The molecule has 0 saturated heterocycles. The molecule has 17 heavy (non-hydrogen) atoms. The lowest BCUT2D eigenvalue weighted by molar-refractivity contribution is 0.218. The fourth-order valence-electron chi connectivity index (χ4n) is 3.00. The van der Waals surface area contributed by atoms with Gasteiger partial charge in [-0.15, -0.1) is 6.42 Å². The van der Waals surface area contributed by atoms with Gasteiger partial charge in [0.2, 0.25) is 0 Å². The van der Waals surface area contributed by atoms with Gasteiger partial charge in [-0.3, -0.25) is 5.32 Å². The third-order valence-corrected chi connectivity index (χ3v) is 3.99. The first-order valence-electron chi connectivity index (χ1n) is 7.13. The van der Waals surface area contributed by atoms with E-state index in [-0.39, 0.29) is 6.04 Å². The van der Waals surface area contributed by atoms with Crippen LogP contribution in [0, 0.1) is 24.2 Å². The monoisotopic (exact) mass is 236 g/mol. The maximum atomic E-state index is 5.92. The van der Waals surface area contributed by atoms with Gasteiger partial charge in [0.25, 0.3) is 0 Å². The highest BCUT2D eigenvalue weighted by Crippen LogP contribution is 2.30. The lowest BCUT2D eigenvalue weighted by Gasteiger charge is -2.34. The second-order valence-electron chi connectivity index (χ2n) is 5.55. The van der Waals surface area contributed by atoms with E-state index in [0.29, 0.717) is 12.6 Å². The van der Waals surface area contributed by atoms with Gasteiger partial charge in [0, 0.05) is 12.6 Å². The van der Waals surface area contributed by atoms with E-state index in [1.54, 1.807) is 0 Å². The standard InChI is InChI=1S/C15H28N2/c1-4-7-14(5-2)17-15(11-16)13-9-6-8-12(3)10-13/h2,12-15,17H,4,6-11,16H2,1,3H3. The van der Waals surface area contributed by atoms with Crippen molar-refractivity contribution in [3.63, 3.8) is 0 Å². The molecule has 1 rings (SSSR count). The maximum absolute atomic E-state index is 5.92. The highest BCUT2D eigenvalue weighted by atomic mass is 15.0. The summed E-state index contributed by atoms with van der Waals surface area (Å²) < 4.78 is 0. The molecule has 0 aromatic carbocycles. The summed E-state index contributed by atoms with van der Waals surface area (Å²) in [7, 11) is 0. The lowest BCUT2D eigenvalue weighted by Crippen LogP contribution is -2.47. The van der Waals surface area contributed by atoms with Crippen molar-refractivity contribution in [2.45, 2.75) is 64.5 Å². The van der Waals surface area contributed by atoms with Crippen LogP contribution < -0.4 is 11.1 Å². The molecule has 0 radical (unpaired) electrons. The molecule has 2 nitrogen and oxygen atoms in total. The molecule has 1 aliphatic carbocycles. The minimum atomic E-state index is 0.200. The third-order valence-electron chi connectivity index (χ3n) is 3.99. The molecule has 0 heterocycles. The van der Waals surface area contributed by atoms with E-state index in [2.05, 4.69) is 25.1 Å². The summed E-state index contributed by atoms with van der Waals surface area (Å²) in [5.41, 5.74) is 5.92. The Morgan fingerprint density at radius 1 is 1.47 bits per heavy atom. The van der Waals surface area contributed by atoms with Crippen LogP contribution in [-0.2, 0) is 0 Å². The fraction of sp³-hybridized carbons (Fsp3) is 0.867. The van der Waals surface area contributed by atoms with Crippen molar-refractivity contribution < 1.29 is 0 Å². The first-order chi connectivity index (χ1) is 8.21. The average molecular weight is 236 g/mol. The van der Waals surface area contributed by atoms with Crippen molar-refractivity contribution in [3.8, 4) is 12.3 Å². The Labute approximate surface area is 107 Å². The van der Waals surface area contributed by atoms with Crippen LogP contribution >= 0.6 is 0 Å². The SMILES string of the molecule is C#CC(CCC)NC(CN)C1CCCC(C)C1. The average Bonchev–Trinajstić information content (AvgIpc) is 2.34. The van der Waals surface area contributed by atoms with Crippen LogP contribution in [0.5, 0.6) is 0 Å². The first kappa shape index (κ1) is 14.5. The highest BCUT2D eigenvalue weighted by molar-refractivity contribution is 5.00. The number of terminal acetylenes is 1. The number of nitrogens with one attached hydrogen (secondary N) is 1. The number of nitrogens with two attached hydrogens (primary N) is 1. The van der Waals surface area contributed by atoms with Gasteiger partial charge in [-0.1, -0.05) is 39.0 Å². The van der Waals surface area contributed by atoms with Crippen molar-refractivity contribution in [2.24, 2.45) is 17.6 Å². The molecule has 0 bridgehead atoms. The third kappa shape index (κ3) is 4.69. The normalized spacial score (nSPS) is 28.4. The molecular formula is C15H28N2. The summed E-state index contributed by atoms with van der Waals surface area (Å²) in [6, 6.07) is 0.608. The van der Waals surface area contributed by atoms with Crippen molar-refractivity contribution in [3.05, 3.63) is 0 Å². The van der Waals surface area contributed by atoms with Crippen molar-refractivity contribution >= 4 is 0 Å². The molecule has 4 unspecified atom stereocenters. The summed E-state index contributed by atoms with van der Waals surface area (Å²) in [5.74, 6) is 4.42. The van der Waals surface area contributed by atoms with Crippen molar-refractivity contribution in [1.29, 1.82) is 0 Å². The van der Waals surface area contributed by atoms with Crippen molar-refractivity contribution in [2.75, 3.05) is 6.54 Å². The predicted molar refractivity (Wildman–Crippen MR) is 74.6 cm³/mol. The van der Waals surface area contributed by atoms with E-state index in [0.717, 1.165) is 24.7 Å². The van der Waals surface area contributed by atoms with Gasteiger partial charge in [-0.2, -0.15) is 0 Å². The second kappa shape index (κ2) is 7.74. The second-order valence-corrected chi connectivity index (χ2v) is 5.55. The highest BCUT2D eigenvalue weighted by Gasteiger charge is 2.26. The van der Waals surface area contributed by atoms with E-state index in [1.165, 1.54) is 25.7 Å². The van der Waals surface area contributed by atoms with Crippen LogP contribution in [0.4, 0.5) is 0 Å². The topological polar surface area (TPSA) is 38.0 Å². The van der Waals surface area contributed by atoms with Gasteiger partial charge < -0.3 is 5.73 Å². The minimum Gasteiger partial charge on any atom is -0.329 e. The Balaban J connectivity index is 2.49. The van der Waals surface area contributed by atoms with E-state index < -0.39 is 0 Å². The molecular weight excluding hydrogens is 208 g/mol. The molecule has 1 saturated carbocycles. The van der Waals surface area contributed by atoms with E-state index in [9.17, 15) is 0 Å². The summed E-state index contributed by atoms with van der Waals surface area (Å²) in [4.78, 5) is 0. The van der Waals surface area contributed by atoms with Crippen LogP contribution in [0.15, 0.2) is 0 Å². The van der Waals surface area contributed by atoms with E-state index in [1.807, 2.05) is 0 Å². The molecule has 0 aromatic rings. The summed E-state index contributed by atoms with van der Waals surface area (Å²) in [6.45, 7) is 5.23. The molecule has 1 fully saturated rings. The maximum Gasteiger partial charge on any atom is 0.0689 e. The summed E-state index contributed by atoms with van der Waals surface area (Å²) >= 11 is 0. The van der Waals surface area contributed by atoms with Gasteiger partial charge in [0.05, 0.1) is 6.04 Å². The zero-order valence-corrected chi connectivity index (χ0v) is 11.4. The van der Waals surface area contributed by atoms with Crippen LogP contribution in [0.3, 0.4) is 0 Å². The van der Waals surface area contributed by atoms with Gasteiger partial charge in [0.1, 0.15) is 0 Å². The molecule has 0 aliphatic heterocycles. The number of hydrogen-bond acceptors (Lipinski definition) is 2. The smallest absolute Gasteiger partial charge is 0.0689 e. The fourth-order valence-corrected chi connectivity index (χ4v) is 3.00. The van der Waals surface area contributed by atoms with Crippen molar-refractivity contribution in [1.82, 2.24) is 5.32 Å². The molecule has 0 aromatic heterocycles. The quantitative estimate of drug-likeness (QED) is 0.696. The van der Waals surface area contributed by atoms with Crippen LogP contribution in [-0.4, -0.2) is 18.6 Å². The van der Waals surface area contributed by atoms with E-state index >= 15 is 0 Å². The largest absolute Gasteiger partial charge is 0.329 e. The van der Waals surface area contributed by atoms with Gasteiger partial charge in [0.15, 0.2) is 0 Å². The molecule has 1 aliphatic rings. The number of rotatable bonds is 6. The Morgan fingerprint density at radius 3 is 2.76 bits per heavy atom. The van der Waals surface area contributed by atoms with Gasteiger partial charge >= 0.3 is 0 Å². The Hall–Kier alpha value is -0.520. The zero-order chi connectivity index (χ0) is 12.7. The Morgan fingerprint density at radius 2 is 2.24 bits per heavy atom. The van der Waals surface area contributed by atoms with Gasteiger partial charge in [-0.05, 0) is 31.1 Å². The van der Waals surface area contributed by atoms with Crippen LogP contribution in [0.2, 0.25) is 0 Å². The molecule has 0 amide bonds. The van der Waals surface area contributed by atoms with Crippen LogP contribution in [0.25, 0.3) is 0 Å². The Bertz CT molecular complexity index is 244. The first-order valence-corrected chi connectivity index (χ1v) is 7.13. The molecule has 0 spiro atoms. The minimum absolute atomic E-state index is 0.200. The summed E-state index contributed by atoms with van der Waals surface area (Å²) in [6.07, 6.45) is 13.1. The molecule has 4 atom stereocenters. The lowest BCUT2D eigenvalue weighted by atomic mass is 9.78. The Kier molecular flexibility index (Phi) is 6.62. The molecule has 98 valence electrons. The van der Waals surface area contributed by atoms with Crippen LogP contribution in [0.1, 0.15) is 52.4 Å². The van der Waals surface area contributed by atoms with Gasteiger partial charge in [-0.25, -0.2) is 0 Å². The molecule has 2 heteroatoms.